The van der Waals surface area contributed by atoms with Gasteiger partial charge in [-0.25, -0.2) is 4.78 Å². The van der Waals surface area contributed by atoms with Gasteiger partial charge in [-0.15, -0.1) is 0 Å². The Bertz CT molecular complexity index is 694. The van der Waals surface area contributed by atoms with E-state index in [4.69, 9.17) is 5.10 Å². The van der Waals surface area contributed by atoms with Crippen molar-refractivity contribution in [3.05, 3.63) is 41.7 Å². The van der Waals surface area contributed by atoms with Crippen LogP contribution in [0.5, 0.6) is 0 Å². The zero-order valence-corrected chi connectivity index (χ0v) is 16.4. The van der Waals surface area contributed by atoms with E-state index in [9.17, 15) is 0 Å². The van der Waals surface area contributed by atoms with Crippen LogP contribution in [0.3, 0.4) is 0 Å². The highest BCUT2D eigenvalue weighted by atomic mass is 31.2. The fourth-order valence-corrected chi connectivity index (χ4v) is 8.20. The van der Waals surface area contributed by atoms with Crippen LogP contribution < -0.4 is 4.78 Å². The number of anilines is 1. The Morgan fingerprint density at radius 2 is 1.42 bits per heavy atom. The Balaban J connectivity index is 2.18. The van der Waals surface area contributed by atoms with E-state index in [0.29, 0.717) is 0 Å². The number of allylic oxidation sites excluding steroid dienone is 2. The number of benzene rings is 1. The number of rotatable bonds is 5. The van der Waals surface area contributed by atoms with Crippen LogP contribution in [0.15, 0.2) is 46.8 Å². The molecule has 0 fully saturated rings. The molecule has 3 rings (SSSR count). The van der Waals surface area contributed by atoms with Gasteiger partial charge < -0.3 is 9.34 Å². The molecule has 0 unspecified atom stereocenters. The summed E-state index contributed by atoms with van der Waals surface area (Å²) in [5.74, 6) is 2.44. The first-order valence-electron chi connectivity index (χ1n) is 8.95. The second-order valence-electron chi connectivity index (χ2n) is 6.53. The molecule has 2 heterocycles. The minimum Gasteiger partial charge on any atom is -0.322 e. The van der Waals surface area contributed by atoms with Gasteiger partial charge in [-0.1, -0.05) is 32.0 Å². The normalized spacial score (nSPS) is 19.4. The van der Waals surface area contributed by atoms with Gasteiger partial charge in [-0.2, -0.15) is 5.10 Å². The molecule has 1 spiro atoms. The maximum Gasteiger partial charge on any atom is 0.176 e. The molecule has 4 nitrogen and oxygen atoms in total. The molecule has 130 valence electrons. The SMILES string of the molecule is CCCN1C(C)=C(C)N(CCC)P12=CC(C)=NN2c1ccccc1. The highest BCUT2D eigenvalue weighted by Crippen LogP contribution is 2.67. The van der Waals surface area contributed by atoms with Gasteiger partial charge in [0.2, 0.25) is 0 Å². The van der Waals surface area contributed by atoms with Crippen LogP contribution in [0.2, 0.25) is 0 Å². The van der Waals surface area contributed by atoms with Gasteiger partial charge in [-0.05, 0) is 45.7 Å². The predicted molar refractivity (Wildman–Crippen MR) is 107 cm³/mol. The van der Waals surface area contributed by atoms with E-state index < -0.39 is 7.34 Å². The van der Waals surface area contributed by atoms with E-state index in [1.54, 1.807) is 0 Å². The minimum absolute atomic E-state index is 1.07. The van der Waals surface area contributed by atoms with Crippen molar-refractivity contribution in [1.82, 2.24) is 9.34 Å². The zero-order chi connectivity index (χ0) is 17.3. The molecule has 24 heavy (non-hydrogen) atoms. The molecule has 1 aromatic carbocycles. The number of para-hydroxylation sites is 1. The van der Waals surface area contributed by atoms with Gasteiger partial charge in [0.05, 0.1) is 11.4 Å². The summed E-state index contributed by atoms with van der Waals surface area (Å²) in [6.45, 7) is 13.3. The Morgan fingerprint density at radius 1 is 0.875 bits per heavy atom. The topological polar surface area (TPSA) is 22.1 Å². The standard InChI is InChI=1S/C19H29N4P/c1-6-13-21-17(4)18(5)22(14-7-2)24(21)15-16(3)20-23(24)19-11-9-8-10-12-19/h8-12,15H,6-7,13-14H2,1-5H3. The lowest BCUT2D eigenvalue weighted by molar-refractivity contribution is 0.524. The molecular formula is C19H29N4P. The van der Waals surface area contributed by atoms with E-state index in [2.05, 4.69) is 84.9 Å². The van der Waals surface area contributed by atoms with Crippen LogP contribution in [-0.2, 0) is 0 Å². The predicted octanol–water partition coefficient (Wildman–Crippen LogP) is 5.14. The van der Waals surface area contributed by atoms with Gasteiger partial charge in [0.25, 0.3) is 0 Å². The third-order valence-corrected chi connectivity index (χ3v) is 8.78. The summed E-state index contributed by atoms with van der Waals surface area (Å²) in [6, 6.07) is 10.6. The minimum atomic E-state index is -1.85. The summed E-state index contributed by atoms with van der Waals surface area (Å²) in [4.78, 5) is 0. The maximum absolute atomic E-state index is 4.96. The molecule has 0 N–H and O–H groups in total. The van der Waals surface area contributed by atoms with Crippen molar-refractivity contribution in [2.45, 2.75) is 47.5 Å². The van der Waals surface area contributed by atoms with E-state index in [1.165, 1.54) is 17.1 Å². The number of hydrogen-bond acceptors (Lipinski definition) is 4. The molecule has 0 bridgehead atoms. The second-order valence-corrected chi connectivity index (χ2v) is 9.36. The lowest BCUT2D eigenvalue weighted by Gasteiger charge is -2.44. The Hall–Kier alpha value is -1.67. The largest absolute Gasteiger partial charge is 0.322 e. The highest BCUT2D eigenvalue weighted by molar-refractivity contribution is 7.74. The average molecular weight is 344 g/mol. The fraction of sp³-hybridized carbons (Fsp3) is 0.474. The van der Waals surface area contributed by atoms with Crippen LogP contribution in [0.25, 0.3) is 0 Å². The first kappa shape index (κ1) is 17.2. The smallest absolute Gasteiger partial charge is 0.176 e. The van der Waals surface area contributed by atoms with Gasteiger partial charge in [0.15, 0.2) is 7.34 Å². The molecule has 0 saturated carbocycles. The Morgan fingerprint density at radius 3 is 1.92 bits per heavy atom. The second kappa shape index (κ2) is 6.68. The van der Waals surface area contributed by atoms with E-state index in [0.717, 1.165) is 31.6 Å². The molecule has 2 aliphatic rings. The number of nitrogens with zero attached hydrogens (tertiary/aromatic N) is 4. The van der Waals surface area contributed by atoms with Crippen molar-refractivity contribution >= 4 is 24.5 Å². The quantitative estimate of drug-likeness (QED) is 0.691. The summed E-state index contributed by atoms with van der Waals surface area (Å²) in [7, 11) is -1.85. The third-order valence-electron chi connectivity index (χ3n) is 4.76. The summed E-state index contributed by atoms with van der Waals surface area (Å²) >= 11 is 0. The Kier molecular flexibility index (Phi) is 4.78. The van der Waals surface area contributed by atoms with Crippen LogP contribution in [-0.4, -0.2) is 33.9 Å². The molecule has 0 radical (unpaired) electrons. The lowest BCUT2D eigenvalue weighted by atomic mass is 10.3. The van der Waals surface area contributed by atoms with Gasteiger partial charge in [0.1, 0.15) is 0 Å². The van der Waals surface area contributed by atoms with Crippen LogP contribution >= 0.6 is 7.34 Å². The third kappa shape index (κ3) is 2.48. The molecule has 0 saturated heterocycles. The summed E-state index contributed by atoms with van der Waals surface area (Å²) in [5, 5.41) is 4.96. The average Bonchev–Trinajstić information content (AvgIpc) is 3.02. The molecule has 0 aliphatic carbocycles. The Labute approximate surface area is 146 Å². The molecular weight excluding hydrogens is 315 g/mol. The van der Waals surface area contributed by atoms with Crippen molar-refractivity contribution in [2.24, 2.45) is 5.10 Å². The van der Waals surface area contributed by atoms with Crippen molar-refractivity contribution in [3.8, 4) is 0 Å². The van der Waals surface area contributed by atoms with Crippen molar-refractivity contribution < 1.29 is 0 Å². The monoisotopic (exact) mass is 344 g/mol. The molecule has 0 atom stereocenters. The zero-order valence-electron chi connectivity index (χ0n) is 15.5. The van der Waals surface area contributed by atoms with E-state index in [1.807, 2.05) is 0 Å². The fourth-order valence-electron chi connectivity index (χ4n) is 3.68. The summed E-state index contributed by atoms with van der Waals surface area (Å²) < 4.78 is 7.57. The molecule has 0 amide bonds. The summed E-state index contributed by atoms with van der Waals surface area (Å²) in [5.41, 5.74) is 5.11. The molecule has 1 aromatic rings. The van der Waals surface area contributed by atoms with Crippen molar-refractivity contribution in [2.75, 3.05) is 17.9 Å². The molecule has 0 aromatic heterocycles. The summed E-state index contributed by atoms with van der Waals surface area (Å²) in [6.07, 6.45) is 2.28. The van der Waals surface area contributed by atoms with Crippen LogP contribution in [0.1, 0.15) is 47.5 Å². The van der Waals surface area contributed by atoms with E-state index >= 15 is 0 Å². The van der Waals surface area contributed by atoms with Crippen LogP contribution in [0, 0.1) is 0 Å². The first-order chi connectivity index (χ1) is 11.6. The molecule has 5 heteroatoms. The van der Waals surface area contributed by atoms with Gasteiger partial charge in [0, 0.05) is 30.3 Å². The maximum atomic E-state index is 4.96. The van der Waals surface area contributed by atoms with Crippen molar-refractivity contribution in [3.63, 3.8) is 0 Å². The van der Waals surface area contributed by atoms with Gasteiger partial charge >= 0.3 is 0 Å². The van der Waals surface area contributed by atoms with E-state index in [-0.39, 0.29) is 0 Å². The van der Waals surface area contributed by atoms with Crippen molar-refractivity contribution in [1.29, 1.82) is 0 Å². The lowest BCUT2D eigenvalue weighted by Crippen LogP contribution is -2.32. The highest BCUT2D eigenvalue weighted by Gasteiger charge is 2.46. The molecule has 2 aliphatic heterocycles. The number of hydrazone groups is 1. The van der Waals surface area contributed by atoms with Crippen LogP contribution in [0.4, 0.5) is 5.69 Å². The number of hydrogen-bond donors (Lipinski definition) is 0. The van der Waals surface area contributed by atoms with Gasteiger partial charge in [-0.3, -0.25) is 0 Å². The first-order valence-corrected chi connectivity index (χ1v) is 10.7.